The summed E-state index contributed by atoms with van der Waals surface area (Å²) in [4.78, 5) is 10.5. The summed E-state index contributed by atoms with van der Waals surface area (Å²) in [5, 5.41) is 0. The van der Waals surface area contributed by atoms with E-state index in [2.05, 4.69) is 7.85 Å². The lowest BCUT2D eigenvalue weighted by Gasteiger charge is -2.23. The fourth-order valence-electron chi connectivity index (χ4n) is 1.42. The number of aldehydes is 1. The number of carbonyl (C=O) groups excluding carboxylic acids is 1. The largest absolute Gasteiger partial charge is 0.377 e. The Morgan fingerprint density at radius 1 is 1.82 bits per heavy atom. The van der Waals surface area contributed by atoms with Gasteiger partial charge in [0.25, 0.3) is 0 Å². The Kier molecular flexibility index (Phi) is 2.88. The van der Waals surface area contributed by atoms with E-state index in [1.807, 2.05) is 6.08 Å². The molecule has 1 rings (SSSR count). The molecule has 0 saturated heterocycles. The molecule has 0 spiro atoms. The third kappa shape index (κ3) is 1.93. The third-order valence-electron chi connectivity index (χ3n) is 2.16. The summed E-state index contributed by atoms with van der Waals surface area (Å²) in [6.45, 7) is 0. The maximum atomic E-state index is 10.5. The highest BCUT2D eigenvalue weighted by molar-refractivity contribution is 6.12. The molecule has 0 saturated carbocycles. The van der Waals surface area contributed by atoms with Gasteiger partial charge in [0.15, 0.2) is 0 Å². The first-order valence-corrected chi connectivity index (χ1v) is 3.96. The van der Waals surface area contributed by atoms with E-state index in [0.29, 0.717) is 5.82 Å². The Hall–Kier alpha value is -0.565. The normalized spacial score (nSPS) is 31.2. The summed E-state index contributed by atoms with van der Waals surface area (Å²) in [6, 6.07) is 0. The number of carbonyl (C=O) groups is 1. The Bertz CT molecular complexity index is 177. The molecular formula is C8H13BO2. The van der Waals surface area contributed by atoms with E-state index < -0.39 is 0 Å². The number of methoxy groups -OCH3 is 1. The molecular weight excluding hydrogens is 139 g/mol. The highest BCUT2D eigenvalue weighted by Gasteiger charge is 2.20. The van der Waals surface area contributed by atoms with E-state index >= 15 is 0 Å². The Morgan fingerprint density at radius 3 is 3.09 bits per heavy atom. The van der Waals surface area contributed by atoms with Gasteiger partial charge in [0, 0.05) is 12.7 Å². The molecule has 0 N–H and O–H groups in total. The first-order chi connectivity index (χ1) is 5.27. The molecule has 0 aromatic carbocycles. The second kappa shape index (κ2) is 3.72. The SMILES string of the molecule is B[C@H]1CC=C(C=O)[C@@H](OC)C1. The second-order valence-electron chi connectivity index (χ2n) is 3.12. The summed E-state index contributed by atoms with van der Waals surface area (Å²) in [6.07, 6.45) is 4.90. The molecule has 60 valence electrons. The van der Waals surface area contributed by atoms with Crippen molar-refractivity contribution in [1.29, 1.82) is 0 Å². The van der Waals surface area contributed by atoms with Gasteiger partial charge in [0.1, 0.15) is 14.1 Å². The number of allylic oxidation sites excluding steroid dienone is 1. The van der Waals surface area contributed by atoms with Crippen LogP contribution in [0.3, 0.4) is 0 Å². The second-order valence-corrected chi connectivity index (χ2v) is 3.12. The van der Waals surface area contributed by atoms with Gasteiger partial charge in [-0.25, -0.2) is 0 Å². The van der Waals surface area contributed by atoms with Crippen molar-refractivity contribution >= 4 is 14.1 Å². The van der Waals surface area contributed by atoms with E-state index in [9.17, 15) is 4.79 Å². The lowest BCUT2D eigenvalue weighted by molar-refractivity contribution is -0.106. The lowest BCUT2D eigenvalue weighted by Crippen LogP contribution is -2.21. The van der Waals surface area contributed by atoms with Crippen LogP contribution in [0.15, 0.2) is 11.6 Å². The van der Waals surface area contributed by atoms with E-state index in [-0.39, 0.29) is 6.10 Å². The highest BCUT2D eigenvalue weighted by Crippen LogP contribution is 2.26. The van der Waals surface area contributed by atoms with Gasteiger partial charge in [0.2, 0.25) is 0 Å². The highest BCUT2D eigenvalue weighted by atomic mass is 16.5. The molecule has 1 aliphatic carbocycles. The maximum Gasteiger partial charge on any atom is 0.148 e. The van der Waals surface area contributed by atoms with Crippen molar-refractivity contribution in [2.75, 3.05) is 7.11 Å². The molecule has 0 bridgehead atoms. The van der Waals surface area contributed by atoms with Gasteiger partial charge in [-0.1, -0.05) is 11.9 Å². The van der Waals surface area contributed by atoms with Gasteiger partial charge < -0.3 is 4.74 Å². The summed E-state index contributed by atoms with van der Waals surface area (Å²) in [5.74, 6) is 0.642. The zero-order chi connectivity index (χ0) is 8.27. The van der Waals surface area contributed by atoms with Crippen molar-refractivity contribution in [3.8, 4) is 0 Å². The molecule has 0 fully saturated rings. The van der Waals surface area contributed by atoms with E-state index in [4.69, 9.17) is 4.74 Å². The molecule has 2 atom stereocenters. The van der Waals surface area contributed by atoms with Crippen LogP contribution < -0.4 is 0 Å². The molecule has 3 heteroatoms. The average Bonchev–Trinajstić information content (AvgIpc) is 2.04. The van der Waals surface area contributed by atoms with Gasteiger partial charge >= 0.3 is 0 Å². The summed E-state index contributed by atoms with van der Waals surface area (Å²) in [7, 11) is 3.82. The van der Waals surface area contributed by atoms with Gasteiger partial charge in [-0.05, 0) is 12.8 Å². The zero-order valence-electron chi connectivity index (χ0n) is 7.04. The predicted octanol–water partition coefficient (Wildman–Crippen LogP) is 0.342. The minimum Gasteiger partial charge on any atom is -0.377 e. The Morgan fingerprint density at radius 2 is 2.55 bits per heavy atom. The van der Waals surface area contributed by atoms with Crippen molar-refractivity contribution in [1.82, 2.24) is 0 Å². The first-order valence-electron chi connectivity index (χ1n) is 3.96. The molecule has 11 heavy (non-hydrogen) atoms. The van der Waals surface area contributed by atoms with Crippen molar-refractivity contribution in [2.24, 2.45) is 0 Å². The molecule has 0 aromatic rings. The van der Waals surface area contributed by atoms with E-state index in [0.717, 1.165) is 24.7 Å². The van der Waals surface area contributed by atoms with Gasteiger partial charge in [-0.2, -0.15) is 0 Å². The number of hydrogen-bond acceptors (Lipinski definition) is 2. The quantitative estimate of drug-likeness (QED) is 0.421. The van der Waals surface area contributed by atoms with Crippen LogP contribution in [0.1, 0.15) is 12.8 Å². The van der Waals surface area contributed by atoms with Crippen LogP contribution in [0.4, 0.5) is 0 Å². The number of hydrogen-bond donors (Lipinski definition) is 0. The number of rotatable bonds is 2. The molecule has 0 heterocycles. The number of ether oxygens (including phenoxy) is 1. The minimum absolute atomic E-state index is 0.0382. The monoisotopic (exact) mass is 152 g/mol. The van der Waals surface area contributed by atoms with Crippen molar-refractivity contribution in [3.63, 3.8) is 0 Å². The Labute approximate surface area is 68.0 Å². The van der Waals surface area contributed by atoms with Gasteiger partial charge in [-0.3, -0.25) is 4.79 Å². The van der Waals surface area contributed by atoms with Crippen LogP contribution in [0.5, 0.6) is 0 Å². The summed E-state index contributed by atoms with van der Waals surface area (Å²) >= 11 is 0. The smallest absolute Gasteiger partial charge is 0.148 e. The van der Waals surface area contributed by atoms with Crippen LogP contribution >= 0.6 is 0 Å². The molecule has 0 radical (unpaired) electrons. The van der Waals surface area contributed by atoms with Gasteiger partial charge in [-0.15, -0.1) is 0 Å². The van der Waals surface area contributed by atoms with Crippen LogP contribution in [-0.4, -0.2) is 27.3 Å². The third-order valence-corrected chi connectivity index (χ3v) is 2.16. The van der Waals surface area contributed by atoms with Crippen molar-refractivity contribution in [2.45, 2.75) is 24.8 Å². The standard InChI is InChI=1S/C8H13BO2/c1-11-8-4-7(9)3-2-6(8)5-10/h2,5,7-8H,3-4,9H2,1H3/t7-,8-/m0/s1. The zero-order valence-corrected chi connectivity index (χ0v) is 7.04. The maximum absolute atomic E-state index is 10.5. The van der Waals surface area contributed by atoms with Crippen LogP contribution in [-0.2, 0) is 9.53 Å². The molecule has 0 aromatic heterocycles. The van der Waals surface area contributed by atoms with Crippen LogP contribution in [0.2, 0.25) is 5.82 Å². The average molecular weight is 152 g/mol. The molecule has 0 unspecified atom stereocenters. The Balaban J connectivity index is 2.67. The van der Waals surface area contributed by atoms with Crippen LogP contribution in [0.25, 0.3) is 0 Å². The molecule has 2 nitrogen and oxygen atoms in total. The first kappa shape index (κ1) is 8.53. The lowest BCUT2D eigenvalue weighted by atomic mass is 9.75. The van der Waals surface area contributed by atoms with E-state index in [1.165, 1.54) is 0 Å². The molecule has 0 amide bonds. The summed E-state index contributed by atoms with van der Waals surface area (Å²) < 4.78 is 5.17. The predicted molar refractivity (Wildman–Crippen MR) is 46.5 cm³/mol. The topological polar surface area (TPSA) is 26.3 Å². The fraction of sp³-hybridized carbons (Fsp3) is 0.625. The minimum atomic E-state index is 0.0382. The van der Waals surface area contributed by atoms with Crippen molar-refractivity contribution in [3.05, 3.63) is 11.6 Å². The van der Waals surface area contributed by atoms with E-state index in [1.54, 1.807) is 7.11 Å². The van der Waals surface area contributed by atoms with Crippen LogP contribution in [0, 0.1) is 0 Å². The van der Waals surface area contributed by atoms with Crippen molar-refractivity contribution < 1.29 is 9.53 Å². The molecule has 0 aliphatic heterocycles. The van der Waals surface area contributed by atoms with Gasteiger partial charge in [0.05, 0.1) is 6.10 Å². The summed E-state index contributed by atoms with van der Waals surface area (Å²) in [5.41, 5.74) is 0.811. The molecule has 1 aliphatic rings. The fourth-order valence-corrected chi connectivity index (χ4v) is 1.42.